The van der Waals surface area contributed by atoms with Crippen LogP contribution in [0.15, 0.2) is 77.8 Å². The zero-order valence-corrected chi connectivity index (χ0v) is 51.3. The van der Waals surface area contributed by atoms with Gasteiger partial charge in [-0.2, -0.15) is 4.99 Å². The number of aliphatic hydroxyl groups is 1. The van der Waals surface area contributed by atoms with Gasteiger partial charge in [-0.05, 0) is 192 Å². The van der Waals surface area contributed by atoms with E-state index in [1.165, 1.54) is 17.0 Å². The third-order valence-electron chi connectivity index (χ3n) is 15.3. The first-order valence-corrected chi connectivity index (χ1v) is 31.2. The molecule has 0 aliphatic carbocycles. The lowest BCUT2D eigenvalue weighted by Crippen LogP contribution is -2.48. The van der Waals surface area contributed by atoms with E-state index in [0.717, 1.165) is 42.7 Å². The average Bonchev–Trinajstić information content (AvgIpc) is 3.88. The second-order valence-corrected chi connectivity index (χ2v) is 28.6. The molecule has 7 rings (SSSR count). The number of nitrogens with zero attached hydrogens (tertiary/aromatic N) is 8. The summed E-state index contributed by atoms with van der Waals surface area (Å²) in [6, 6.07) is 20.2. The topological polar surface area (TPSA) is 131 Å². The fourth-order valence-electron chi connectivity index (χ4n) is 9.44. The lowest BCUT2D eigenvalue weighted by Gasteiger charge is -2.42. The highest BCUT2D eigenvalue weighted by Gasteiger charge is 2.50. The summed E-state index contributed by atoms with van der Waals surface area (Å²) in [7, 11) is -1.78. The summed E-state index contributed by atoms with van der Waals surface area (Å²) in [4.78, 5) is 59.3. The number of thiocarbonyl (C=S) groups is 2. The van der Waals surface area contributed by atoms with E-state index in [0.29, 0.717) is 104 Å². The number of aryl methyl sites for hydroxylation is 4. The molecule has 3 aliphatic rings. The molecule has 0 bridgehead atoms. The highest BCUT2D eigenvalue weighted by molar-refractivity contribution is 7.81. The number of hydrogen-bond acceptors (Lipinski definition) is 9. The third-order valence-corrected chi connectivity index (χ3v) is 20.3. The number of amides is 3. The lowest BCUT2D eigenvalue weighted by atomic mass is 10.0. The zero-order valence-electron chi connectivity index (χ0n) is 48.7. The largest absolute Gasteiger partial charge is 0.414 e. The third kappa shape index (κ3) is 17.4. The number of aliphatic imine (C=N–C) groups is 1. The van der Waals surface area contributed by atoms with Crippen LogP contribution in [0, 0.1) is 45.2 Å². The summed E-state index contributed by atoms with van der Waals surface area (Å²) in [5.74, 6) is -0.764. The molecule has 4 aromatic rings. The second-order valence-electron chi connectivity index (χ2n) is 23.3. The maximum atomic E-state index is 15.1. The van der Waals surface area contributed by atoms with E-state index in [1.54, 1.807) is 92.1 Å². The molecule has 0 atom stereocenters. The predicted molar refractivity (Wildman–Crippen MR) is 329 cm³/mol. The van der Waals surface area contributed by atoms with Crippen LogP contribution in [0.1, 0.15) is 122 Å². The number of hydrogen-bond donors (Lipinski definition) is 2. The molecule has 2 N–H and O–H groups in total. The standard InChI is InChI=1S/C28H31FN4O3S.C25H40FN3O2Si.C9H6N2S/c1-18-16-20(10-11-24(18)30-4)32-26(36)28(2,3)33(27(32)37)21-9-8-19(23(29)17-21)6-5-7-25(35)31-14-12-22(34)13-15-31;1-24(2,3)32(7,8)31-21-14-16-29(17-15-21)23(30)11-9-10-19-12-13-20(18-22(19)26)28-25(4,5)27-6;1-7-5-8(11-6-12)3-4-9(7)10-2/h8-11,16-17,22,34H,5-7,12-15H2,1-3H3;12-13,18,21,28H,9-11,14-17H2,1-5,7-8H3;3-5H,1H3. The van der Waals surface area contributed by atoms with Crippen LogP contribution in [0.4, 0.5) is 42.9 Å². The minimum absolute atomic E-state index is 0.0337. The SMILES string of the molecule is [C-]#[N+]C(C)(C)Nc1ccc(CCCC(=O)N2CCC(O[Si](C)(C)C(C)(C)C)CC2)c(F)c1.[C-]#[N+]c1ccc(N2C(=O)C(C)(C)N(c3ccc(CCCC(=O)N4CCC(O)CC4)c(F)c3)C2=S)cc1C.[C-]#[N+]c1ccc(N=C=S)cc1C. The molecule has 3 saturated heterocycles. The van der Waals surface area contributed by atoms with Crippen LogP contribution in [-0.4, -0.2) is 101 Å². The van der Waals surface area contributed by atoms with Gasteiger partial charge >= 0.3 is 0 Å². The Morgan fingerprint density at radius 2 is 1.30 bits per heavy atom. The molecule has 0 unspecified atom stereocenters. The van der Waals surface area contributed by atoms with E-state index >= 15 is 4.39 Å². The van der Waals surface area contributed by atoms with Gasteiger partial charge in [0.15, 0.2) is 24.8 Å². The molecule has 3 heterocycles. The predicted octanol–water partition coefficient (Wildman–Crippen LogP) is 14.4. The highest BCUT2D eigenvalue weighted by Crippen LogP contribution is 2.40. The first-order valence-electron chi connectivity index (χ1n) is 27.4. The van der Waals surface area contributed by atoms with Gasteiger partial charge in [0.25, 0.3) is 11.6 Å². The number of anilines is 3. The van der Waals surface area contributed by atoms with Crippen LogP contribution >= 0.6 is 24.4 Å². The summed E-state index contributed by atoms with van der Waals surface area (Å²) < 4.78 is 36.1. The quantitative estimate of drug-likeness (QED) is 0.0517. The van der Waals surface area contributed by atoms with Gasteiger partial charge < -0.3 is 29.5 Å². The Morgan fingerprint density at radius 1 is 0.790 bits per heavy atom. The normalized spacial score (nSPS) is 15.7. The van der Waals surface area contributed by atoms with Crippen molar-refractivity contribution in [2.75, 3.05) is 41.3 Å². The number of nitrogens with one attached hydrogen (secondary N) is 1. The van der Waals surface area contributed by atoms with Crippen molar-refractivity contribution in [2.45, 2.75) is 168 Å². The number of carbonyl (C=O) groups excluding carboxylic acids is 3. The van der Waals surface area contributed by atoms with E-state index in [2.05, 4.69) is 76.1 Å². The molecular formula is C62H77F2N9O5S2Si. The summed E-state index contributed by atoms with van der Waals surface area (Å²) in [5, 5.41) is 15.3. The number of likely N-dealkylation sites (tertiary alicyclic amines) is 2. The van der Waals surface area contributed by atoms with E-state index in [4.69, 9.17) is 36.4 Å². The van der Waals surface area contributed by atoms with Crippen LogP contribution in [0.2, 0.25) is 18.1 Å². The fraction of sp³-hybridized carbons (Fsp3) is 0.484. The number of carbonyl (C=O) groups is 3. The van der Waals surface area contributed by atoms with Gasteiger partial charge in [-0.3, -0.25) is 24.1 Å². The van der Waals surface area contributed by atoms with E-state index < -0.39 is 25.3 Å². The minimum atomic E-state index is -1.78. The van der Waals surface area contributed by atoms with Gasteiger partial charge in [0.05, 0.1) is 30.1 Å². The molecule has 19 heteroatoms. The van der Waals surface area contributed by atoms with Gasteiger partial charge in [-0.25, -0.2) is 25.0 Å². The Kier molecular flexibility index (Phi) is 22.7. The summed E-state index contributed by atoms with van der Waals surface area (Å²) in [6.45, 7) is 45.8. The fourth-order valence-corrected chi connectivity index (χ4v) is 11.5. The van der Waals surface area contributed by atoms with Crippen LogP contribution in [-0.2, 0) is 31.7 Å². The van der Waals surface area contributed by atoms with E-state index in [9.17, 15) is 23.9 Å². The van der Waals surface area contributed by atoms with Crippen molar-refractivity contribution in [3.8, 4) is 0 Å². The molecule has 0 aromatic heterocycles. The lowest BCUT2D eigenvalue weighted by molar-refractivity contribution is -0.134. The maximum Gasteiger partial charge on any atom is 0.299 e. The average molecular weight is 1160 g/mol. The van der Waals surface area contributed by atoms with Crippen molar-refractivity contribution in [3.63, 3.8) is 0 Å². The van der Waals surface area contributed by atoms with Gasteiger partial charge in [0.1, 0.15) is 17.2 Å². The number of rotatable bonds is 15. The Hall–Kier alpha value is -6.75. The van der Waals surface area contributed by atoms with E-state index in [-0.39, 0.29) is 45.9 Å². The molecule has 3 amide bonds. The van der Waals surface area contributed by atoms with Crippen LogP contribution in [0.5, 0.6) is 0 Å². The van der Waals surface area contributed by atoms with Gasteiger partial charge in [0.2, 0.25) is 11.8 Å². The molecule has 3 fully saturated rings. The molecule has 0 saturated carbocycles. The molecule has 430 valence electrons. The van der Waals surface area contributed by atoms with Gasteiger partial charge in [-0.15, -0.1) is 0 Å². The maximum absolute atomic E-state index is 15.1. The summed E-state index contributed by atoms with van der Waals surface area (Å²) >= 11 is 10.2. The summed E-state index contributed by atoms with van der Waals surface area (Å²) in [6.07, 6.45) is 5.73. The first kappa shape index (κ1) is 65.1. The zero-order chi connectivity index (χ0) is 60.0. The Balaban J connectivity index is 0.000000249. The van der Waals surface area contributed by atoms with Crippen LogP contribution in [0.25, 0.3) is 14.5 Å². The molecule has 0 spiro atoms. The monoisotopic (exact) mass is 1160 g/mol. The van der Waals surface area contributed by atoms with Crippen molar-refractivity contribution in [3.05, 3.63) is 141 Å². The number of isothiocyanates is 1. The highest BCUT2D eigenvalue weighted by atomic mass is 32.1. The molecule has 81 heavy (non-hydrogen) atoms. The number of piperidine rings is 2. The van der Waals surface area contributed by atoms with Crippen molar-refractivity contribution in [1.29, 1.82) is 0 Å². The Labute approximate surface area is 490 Å². The minimum Gasteiger partial charge on any atom is -0.414 e. The van der Waals surface area contributed by atoms with Crippen molar-refractivity contribution < 1.29 is 32.7 Å². The summed E-state index contributed by atoms with van der Waals surface area (Å²) in [5.41, 5.74) is 4.49. The smallest absolute Gasteiger partial charge is 0.299 e. The van der Waals surface area contributed by atoms with Gasteiger partial charge in [-0.1, -0.05) is 45.0 Å². The Bertz CT molecular complexity index is 3120. The Morgan fingerprint density at radius 3 is 1.78 bits per heavy atom. The number of benzene rings is 4. The first-order chi connectivity index (χ1) is 38.1. The van der Waals surface area contributed by atoms with Crippen LogP contribution in [0.3, 0.4) is 0 Å². The molecule has 4 aromatic carbocycles. The number of halogens is 2. The van der Waals surface area contributed by atoms with E-state index in [1.807, 2.05) is 24.8 Å². The van der Waals surface area contributed by atoms with Crippen molar-refractivity contribution in [1.82, 2.24) is 9.80 Å². The second kappa shape index (κ2) is 28.3. The van der Waals surface area contributed by atoms with Crippen molar-refractivity contribution in [2.24, 2.45) is 4.99 Å². The molecule has 3 aliphatic heterocycles. The van der Waals surface area contributed by atoms with Crippen LogP contribution < -0.4 is 15.1 Å². The van der Waals surface area contributed by atoms with Gasteiger partial charge in [0, 0.05) is 76.0 Å². The molecular weight excluding hydrogens is 1080 g/mol. The van der Waals surface area contributed by atoms with Crippen molar-refractivity contribution >= 4 is 94.9 Å². The molecule has 0 radical (unpaired) electrons. The number of aliphatic hydroxyl groups excluding tert-OH is 1. The molecule has 14 nitrogen and oxygen atoms in total.